The summed E-state index contributed by atoms with van der Waals surface area (Å²) < 4.78 is 5.47. The number of methoxy groups -OCH3 is 1. The molecule has 0 radical (unpaired) electrons. The number of nitrogens with one attached hydrogen (secondary N) is 1. The zero-order valence-corrected chi connectivity index (χ0v) is 21.9. The van der Waals surface area contributed by atoms with Crippen molar-refractivity contribution in [1.29, 1.82) is 0 Å². The van der Waals surface area contributed by atoms with E-state index in [9.17, 15) is 24.3 Å². The van der Waals surface area contributed by atoms with Gasteiger partial charge in [0, 0.05) is 36.1 Å². The normalized spacial score (nSPS) is 20.3. The number of carbonyl (C=O) groups excluding carboxylic acids is 4. The molecular weight excluding hydrogens is 510 g/mol. The summed E-state index contributed by atoms with van der Waals surface area (Å²) in [6.45, 7) is 0.522. The molecule has 0 unspecified atom stereocenters. The van der Waals surface area contributed by atoms with Crippen LogP contribution in [-0.2, 0) is 14.4 Å². The minimum Gasteiger partial charge on any atom is -0.550 e. The highest BCUT2D eigenvalue weighted by Gasteiger charge is 2.43. The smallest absolute Gasteiger partial charge is 0.256 e. The molecule has 5 rings (SSSR count). The van der Waals surface area contributed by atoms with Gasteiger partial charge in [0.15, 0.2) is 0 Å². The van der Waals surface area contributed by atoms with Crippen LogP contribution in [0.4, 0.5) is 5.69 Å². The number of piperazine rings is 1. The molecule has 3 amide bonds. The van der Waals surface area contributed by atoms with Gasteiger partial charge in [-0.25, -0.2) is 0 Å². The van der Waals surface area contributed by atoms with E-state index in [2.05, 4.69) is 5.32 Å². The molecule has 0 spiro atoms. The standard InChI is InChI=1S/C28H30ClN3O6/c1-38-23-7-5-18(29)13-19(23)17-4-6-21-20(12-17)27(37)32-11-10-31(16-22(32)26(36)30-21)24(33)14-28(15-25(34)35)8-2-3-9-28/h4-7,12-13,22H,2-3,8-11,14-16H2,1H3,(H,30,36)(H,34,35)/p-1/t22-/m0/s1. The van der Waals surface area contributed by atoms with E-state index in [-0.39, 0.29) is 50.2 Å². The second kappa shape index (κ2) is 10.3. The molecule has 1 atom stereocenters. The number of aliphatic carboxylic acids is 1. The minimum atomic E-state index is -1.15. The van der Waals surface area contributed by atoms with Crippen LogP contribution in [0.15, 0.2) is 36.4 Å². The lowest BCUT2D eigenvalue weighted by Crippen LogP contribution is -2.59. The Kier molecular flexibility index (Phi) is 7.05. The predicted octanol–water partition coefficient (Wildman–Crippen LogP) is 2.71. The van der Waals surface area contributed by atoms with E-state index in [1.165, 1.54) is 4.90 Å². The zero-order valence-electron chi connectivity index (χ0n) is 21.1. The molecule has 2 heterocycles. The second-order valence-electron chi connectivity index (χ2n) is 10.4. The number of carboxylic acids is 1. The molecule has 10 heteroatoms. The Morgan fingerprint density at radius 3 is 2.55 bits per heavy atom. The maximum atomic E-state index is 13.6. The molecule has 0 bridgehead atoms. The molecule has 1 saturated heterocycles. The largest absolute Gasteiger partial charge is 0.550 e. The van der Waals surface area contributed by atoms with E-state index < -0.39 is 17.4 Å². The van der Waals surface area contributed by atoms with Crippen molar-refractivity contribution in [2.24, 2.45) is 5.41 Å². The van der Waals surface area contributed by atoms with Crippen molar-refractivity contribution >= 4 is 41.0 Å². The summed E-state index contributed by atoms with van der Waals surface area (Å²) in [7, 11) is 1.56. The third kappa shape index (κ3) is 4.95. The third-order valence-corrected chi connectivity index (χ3v) is 8.22. The van der Waals surface area contributed by atoms with Gasteiger partial charge in [-0.1, -0.05) is 30.5 Å². The van der Waals surface area contributed by atoms with Crippen LogP contribution in [0.2, 0.25) is 5.02 Å². The first-order valence-electron chi connectivity index (χ1n) is 12.8. The Bertz CT molecular complexity index is 1310. The van der Waals surface area contributed by atoms with E-state index in [0.29, 0.717) is 40.4 Å². The lowest BCUT2D eigenvalue weighted by molar-refractivity contribution is -0.308. The van der Waals surface area contributed by atoms with E-state index in [1.807, 2.05) is 0 Å². The second-order valence-corrected chi connectivity index (χ2v) is 10.8. The molecule has 1 N–H and O–H groups in total. The van der Waals surface area contributed by atoms with E-state index in [1.54, 1.807) is 48.4 Å². The van der Waals surface area contributed by atoms with Crippen molar-refractivity contribution in [3.8, 4) is 16.9 Å². The first kappa shape index (κ1) is 26.0. The summed E-state index contributed by atoms with van der Waals surface area (Å²) in [5.74, 6) is -1.41. The number of nitrogens with zero attached hydrogens (tertiary/aromatic N) is 2. The van der Waals surface area contributed by atoms with E-state index in [0.717, 1.165) is 18.4 Å². The highest BCUT2D eigenvalue weighted by atomic mass is 35.5. The highest BCUT2D eigenvalue weighted by molar-refractivity contribution is 6.31. The van der Waals surface area contributed by atoms with Gasteiger partial charge in [-0.05, 0) is 60.6 Å². The van der Waals surface area contributed by atoms with Crippen LogP contribution in [0.25, 0.3) is 11.1 Å². The van der Waals surface area contributed by atoms with Gasteiger partial charge in [-0.15, -0.1) is 0 Å². The number of carbonyl (C=O) groups is 4. The van der Waals surface area contributed by atoms with Gasteiger partial charge in [0.1, 0.15) is 11.8 Å². The molecular formula is C28H29ClN3O6-. The fraction of sp³-hybridized carbons (Fsp3) is 0.429. The van der Waals surface area contributed by atoms with Crippen molar-refractivity contribution in [2.75, 3.05) is 32.1 Å². The molecule has 2 aliphatic heterocycles. The fourth-order valence-corrected chi connectivity index (χ4v) is 6.20. The Morgan fingerprint density at radius 2 is 1.84 bits per heavy atom. The van der Waals surface area contributed by atoms with Gasteiger partial charge in [0.05, 0.1) is 24.9 Å². The van der Waals surface area contributed by atoms with Gasteiger partial charge >= 0.3 is 0 Å². The molecule has 0 aromatic heterocycles. The predicted molar refractivity (Wildman–Crippen MR) is 139 cm³/mol. The number of ether oxygens (including phenoxy) is 1. The van der Waals surface area contributed by atoms with Gasteiger partial charge in [0.2, 0.25) is 11.8 Å². The number of halogens is 1. The SMILES string of the molecule is COc1ccc(Cl)cc1-c1ccc2c(c1)C(=O)N1CCN(C(=O)CC3(CC(=O)[O-])CCCC3)C[C@H]1C(=O)N2. The van der Waals surface area contributed by atoms with Crippen LogP contribution in [0.5, 0.6) is 5.75 Å². The summed E-state index contributed by atoms with van der Waals surface area (Å²) >= 11 is 6.21. The summed E-state index contributed by atoms with van der Waals surface area (Å²) in [5.41, 5.74) is 1.58. The molecule has 2 fully saturated rings. The fourth-order valence-electron chi connectivity index (χ4n) is 6.03. The Hall–Kier alpha value is -3.59. The van der Waals surface area contributed by atoms with Crippen molar-refractivity contribution < 1.29 is 29.0 Å². The first-order chi connectivity index (χ1) is 18.2. The number of anilines is 1. The van der Waals surface area contributed by atoms with Gasteiger partial charge < -0.3 is 29.8 Å². The van der Waals surface area contributed by atoms with Crippen LogP contribution < -0.4 is 15.2 Å². The molecule has 38 heavy (non-hydrogen) atoms. The molecule has 2 aromatic carbocycles. The quantitative estimate of drug-likeness (QED) is 0.604. The van der Waals surface area contributed by atoms with Crippen molar-refractivity contribution in [3.63, 3.8) is 0 Å². The van der Waals surface area contributed by atoms with Crippen LogP contribution in [0, 0.1) is 5.41 Å². The van der Waals surface area contributed by atoms with Crippen molar-refractivity contribution in [3.05, 3.63) is 47.0 Å². The van der Waals surface area contributed by atoms with Crippen LogP contribution >= 0.6 is 11.6 Å². The van der Waals surface area contributed by atoms with Crippen LogP contribution in [0.1, 0.15) is 48.9 Å². The Morgan fingerprint density at radius 1 is 1.08 bits per heavy atom. The van der Waals surface area contributed by atoms with Crippen LogP contribution in [0.3, 0.4) is 0 Å². The number of rotatable bonds is 6. The Labute approximate surface area is 225 Å². The van der Waals surface area contributed by atoms with Gasteiger partial charge in [-0.3, -0.25) is 14.4 Å². The third-order valence-electron chi connectivity index (χ3n) is 7.99. The maximum Gasteiger partial charge on any atom is 0.256 e. The minimum absolute atomic E-state index is 0.0563. The lowest BCUT2D eigenvalue weighted by Gasteiger charge is -2.40. The lowest BCUT2D eigenvalue weighted by atomic mass is 9.79. The summed E-state index contributed by atoms with van der Waals surface area (Å²) in [6, 6.07) is 9.57. The van der Waals surface area contributed by atoms with Crippen molar-refractivity contribution in [2.45, 2.75) is 44.6 Å². The molecule has 2 aromatic rings. The number of fused-ring (bicyclic) bond motifs is 2. The molecule has 9 nitrogen and oxygen atoms in total. The number of benzene rings is 2. The molecule has 3 aliphatic rings. The summed E-state index contributed by atoms with van der Waals surface area (Å²) in [4.78, 5) is 54.6. The number of amides is 3. The molecule has 1 aliphatic carbocycles. The van der Waals surface area contributed by atoms with E-state index >= 15 is 0 Å². The Balaban J connectivity index is 1.37. The first-order valence-corrected chi connectivity index (χ1v) is 13.1. The average molecular weight is 539 g/mol. The van der Waals surface area contributed by atoms with Gasteiger partial charge in [-0.2, -0.15) is 0 Å². The van der Waals surface area contributed by atoms with E-state index in [4.69, 9.17) is 16.3 Å². The zero-order chi connectivity index (χ0) is 27.0. The molecule has 200 valence electrons. The van der Waals surface area contributed by atoms with Crippen molar-refractivity contribution in [1.82, 2.24) is 9.80 Å². The highest BCUT2D eigenvalue weighted by Crippen LogP contribution is 2.44. The summed E-state index contributed by atoms with van der Waals surface area (Å²) in [6.07, 6.45) is 3.07. The number of hydrogen-bond acceptors (Lipinski definition) is 6. The van der Waals surface area contributed by atoms with Crippen LogP contribution in [-0.4, -0.2) is 66.3 Å². The topological polar surface area (TPSA) is 119 Å². The number of hydrogen-bond donors (Lipinski definition) is 1. The molecule has 1 saturated carbocycles. The monoisotopic (exact) mass is 538 g/mol. The van der Waals surface area contributed by atoms with Gasteiger partial charge in [0.25, 0.3) is 5.91 Å². The maximum absolute atomic E-state index is 13.6. The number of carboxylic acid groups (broad SMARTS) is 1. The average Bonchev–Trinajstić information content (AvgIpc) is 3.31. The summed E-state index contributed by atoms with van der Waals surface area (Å²) in [5, 5.41) is 14.7.